The van der Waals surface area contributed by atoms with Crippen molar-refractivity contribution in [3.63, 3.8) is 0 Å². The first-order valence-electron chi connectivity index (χ1n) is 5.71. The topological polar surface area (TPSA) is 66.6 Å². The lowest BCUT2D eigenvalue weighted by Crippen LogP contribution is -2.07. The van der Waals surface area contributed by atoms with Crippen LogP contribution in [0.25, 0.3) is 0 Å². The van der Waals surface area contributed by atoms with Crippen LogP contribution in [0, 0.1) is 0 Å². The van der Waals surface area contributed by atoms with Gasteiger partial charge in [0.25, 0.3) is 0 Å². The van der Waals surface area contributed by atoms with Crippen LogP contribution in [0.2, 0.25) is 0 Å². The van der Waals surface area contributed by atoms with Crippen LogP contribution in [0.15, 0.2) is 18.3 Å². The van der Waals surface area contributed by atoms with Crippen LogP contribution in [0.4, 0.5) is 0 Å². The Balaban J connectivity index is 2.05. The Kier molecular flexibility index (Phi) is 7.29. The maximum atomic E-state index is 5.47. The molecule has 5 heteroatoms. The number of methoxy groups -OCH3 is 1. The number of nitrogens with two attached hydrogens (primary N) is 1. The van der Waals surface area contributed by atoms with E-state index in [0.29, 0.717) is 38.9 Å². The maximum absolute atomic E-state index is 5.47. The molecule has 17 heavy (non-hydrogen) atoms. The van der Waals surface area contributed by atoms with Crippen molar-refractivity contribution in [2.75, 3.05) is 33.5 Å². The summed E-state index contributed by atoms with van der Waals surface area (Å²) < 4.78 is 15.6. The molecule has 0 unspecified atom stereocenters. The molecule has 0 bridgehead atoms. The van der Waals surface area contributed by atoms with E-state index in [1.165, 1.54) is 0 Å². The predicted molar refractivity (Wildman–Crippen MR) is 64.9 cm³/mol. The minimum absolute atomic E-state index is 0.501. The first-order valence-corrected chi connectivity index (χ1v) is 5.71. The van der Waals surface area contributed by atoms with Crippen LogP contribution in [-0.2, 0) is 16.0 Å². The highest BCUT2D eigenvalue weighted by Gasteiger charge is 1.96. The highest BCUT2D eigenvalue weighted by Crippen LogP contribution is 2.07. The molecular weight excluding hydrogens is 220 g/mol. The Morgan fingerprint density at radius 2 is 2.06 bits per heavy atom. The SMILES string of the molecule is COCCOCCCOc1ccc(CN)cn1. The van der Waals surface area contributed by atoms with E-state index < -0.39 is 0 Å². The van der Waals surface area contributed by atoms with E-state index in [1.54, 1.807) is 13.3 Å². The molecule has 5 nitrogen and oxygen atoms in total. The summed E-state index contributed by atoms with van der Waals surface area (Å²) in [4.78, 5) is 4.13. The number of pyridine rings is 1. The maximum Gasteiger partial charge on any atom is 0.213 e. The summed E-state index contributed by atoms with van der Waals surface area (Å²) in [6, 6.07) is 3.74. The van der Waals surface area contributed by atoms with Gasteiger partial charge in [-0.05, 0) is 5.56 Å². The summed E-state index contributed by atoms with van der Waals surface area (Å²) in [5.41, 5.74) is 6.47. The van der Waals surface area contributed by atoms with Crippen molar-refractivity contribution >= 4 is 0 Å². The van der Waals surface area contributed by atoms with Crippen molar-refractivity contribution in [3.8, 4) is 5.88 Å². The number of aromatic nitrogens is 1. The average molecular weight is 240 g/mol. The quantitative estimate of drug-likeness (QED) is 0.651. The number of hydrogen-bond acceptors (Lipinski definition) is 5. The first kappa shape index (κ1) is 13.9. The van der Waals surface area contributed by atoms with Gasteiger partial charge in [-0.1, -0.05) is 6.07 Å². The molecular formula is C12H20N2O3. The molecule has 96 valence electrons. The molecule has 0 radical (unpaired) electrons. The fraction of sp³-hybridized carbons (Fsp3) is 0.583. The highest BCUT2D eigenvalue weighted by atomic mass is 16.5. The second kappa shape index (κ2) is 8.92. The average Bonchev–Trinajstić information content (AvgIpc) is 2.38. The molecule has 2 N–H and O–H groups in total. The van der Waals surface area contributed by atoms with Gasteiger partial charge in [0.2, 0.25) is 5.88 Å². The zero-order valence-corrected chi connectivity index (χ0v) is 10.2. The van der Waals surface area contributed by atoms with Crippen LogP contribution >= 0.6 is 0 Å². The Bertz CT molecular complexity index is 290. The number of rotatable bonds is 9. The molecule has 0 saturated carbocycles. The van der Waals surface area contributed by atoms with Gasteiger partial charge in [-0.3, -0.25) is 0 Å². The van der Waals surface area contributed by atoms with E-state index in [-0.39, 0.29) is 0 Å². The molecule has 0 spiro atoms. The normalized spacial score (nSPS) is 10.5. The van der Waals surface area contributed by atoms with Crippen molar-refractivity contribution in [3.05, 3.63) is 23.9 Å². The summed E-state index contributed by atoms with van der Waals surface area (Å²) in [5, 5.41) is 0. The van der Waals surface area contributed by atoms with Gasteiger partial charge in [-0.15, -0.1) is 0 Å². The molecule has 0 atom stereocenters. The summed E-state index contributed by atoms with van der Waals surface area (Å²) in [7, 11) is 1.66. The molecule has 0 aliphatic heterocycles. The predicted octanol–water partition coefficient (Wildman–Crippen LogP) is 0.972. The van der Waals surface area contributed by atoms with E-state index in [4.69, 9.17) is 19.9 Å². The van der Waals surface area contributed by atoms with Gasteiger partial charge in [-0.25, -0.2) is 4.98 Å². The molecule has 0 fully saturated rings. The second-order valence-corrected chi connectivity index (χ2v) is 3.52. The lowest BCUT2D eigenvalue weighted by Gasteiger charge is -2.06. The number of nitrogens with zero attached hydrogens (tertiary/aromatic N) is 1. The molecule has 1 aromatic heterocycles. The van der Waals surface area contributed by atoms with Crippen LogP contribution < -0.4 is 10.5 Å². The zero-order valence-electron chi connectivity index (χ0n) is 10.2. The van der Waals surface area contributed by atoms with Crippen LogP contribution in [0.5, 0.6) is 5.88 Å². The van der Waals surface area contributed by atoms with E-state index in [1.807, 2.05) is 12.1 Å². The monoisotopic (exact) mass is 240 g/mol. The van der Waals surface area contributed by atoms with Gasteiger partial charge >= 0.3 is 0 Å². The molecule has 1 rings (SSSR count). The summed E-state index contributed by atoms with van der Waals surface area (Å²) in [5.74, 6) is 0.624. The van der Waals surface area contributed by atoms with Crippen molar-refractivity contribution in [2.24, 2.45) is 5.73 Å². The van der Waals surface area contributed by atoms with Crippen molar-refractivity contribution in [1.82, 2.24) is 4.98 Å². The smallest absolute Gasteiger partial charge is 0.213 e. The molecule has 0 aliphatic carbocycles. The van der Waals surface area contributed by atoms with Gasteiger partial charge in [0, 0.05) is 38.9 Å². The first-order chi connectivity index (χ1) is 8.36. The minimum atomic E-state index is 0.501. The molecule has 0 aliphatic rings. The third-order valence-corrected chi connectivity index (χ3v) is 2.15. The Morgan fingerprint density at radius 1 is 1.18 bits per heavy atom. The number of ether oxygens (including phenoxy) is 3. The molecule has 0 saturated heterocycles. The van der Waals surface area contributed by atoms with Crippen LogP contribution in [-0.4, -0.2) is 38.5 Å². The highest BCUT2D eigenvalue weighted by molar-refractivity contribution is 5.17. The summed E-state index contributed by atoms with van der Waals surface area (Å²) in [6.45, 7) is 3.02. The lowest BCUT2D eigenvalue weighted by molar-refractivity contribution is 0.0642. The molecule has 0 aromatic carbocycles. The standard InChI is InChI=1S/C12H20N2O3/c1-15-7-8-16-5-2-6-17-12-4-3-11(9-13)10-14-12/h3-4,10H,2,5-9,13H2,1H3. The minimum Gasteiger partial charge on any atom is -0.478 e. The summed E-state index contributed by atoms with van der Waals surface area (Å²) >= 11 is 0. The van der Waals surface area contributed by atoms with Gasteiger partial charge in [0.1, 0.15) is 0 Å². The van der Waals surface area contributed by atoms with E-state index >= 15 is 0 Å². The van der Waals surface area contributed by atoms with Crippen molar-refractivity contribution in [2.45, 2.75) is 13.0 Å². The van der Waals surface area contributed by atoms with E-state index in [2.05, 4.69) is 4.98 Å². The van der Waals surface area contributed by atoms with Gasteiger partial charge in [0.05, 0.1) is 19.8 Å². The molecule has 0 amide bonds. The van der Waals surface area contributed by atoms with E-state index in [0.717, 1.165) is 12.0 Å². The fourth-order valence-electron chi connectivity index (χ4n) is 1.20. The third-order valence-electron chi connectivity index (χ3n) is 2.15. The van der Waals surface area contributed by atoms with Gasteiger partial charge in [-0.2, -0.15) is 0 Å². The van der Waals surface area contributed by atoms with Crippen LogP contribution in [0.1, 0.15) is 12.0 Å². The summed E-state index contributed by atoms with van der Waals surface area (Å²) in [6.07, 6.45) is 2.56. The van der Waals surface area contributed by atoms with Crippen molar-refractivity contribution in [1.29, 1.82) is 0 Å². The Hall–Kier alpha value is -1.17. The third kappa shape index (κ3) is 6.21. The fourth-order valence-corrected chi connectivity index (χ4v) is 1.20. The van der Waals surface area contributed by atoms with Gasteiger partial charge in [0.15, 0.2) is 0 Å². The van der Waals surface area contributed by atoms with E-state index in [9.17, 15) is 0 Å². The molecule has 1 heterocycles. The Labute approximate surface area is 102 Å². The largest absolute Gasteiger partial charge is 0.478 e. The Morgan fingerprint density at radius 3 is 2.71 bits per heavy atom. The van der Waals surface area contributed by atoms with Crippen LogP contribution in [0.3, 0.4) is 0 Å². The molecule has 1 aromatic rings. The zero-order chi connectivity index (χ0) is 12.3. The lowest BCUT2D eigenvalue weighted by atomic mass is 10.3. The second-order valence-electron chi connectivity index (χ2n) is 3.52. The number of hydrogen-bond donors (Lipinski definition) is 1. The van der Waals surface area contributed by atoms with Gasteiger partial charge < -0.3 is 19.9 Å². The van der Waals surface area contributed by atoms with Crippen molar-refractivity contribution < 1.29 is 14.2 Å².